The standard InChI is InChI=1S/C18H29ClN6/c1-20-18(22-12-14-5-9-24(2)10-6-14)23-15-7-11-25(13-15)17-16(19)4-3-8-21-17/h3-4,8,14-15H,5-7,9-13H2,1-2H3,(H2,20,22,23). The van der Waals surface area contributed by atoms with Gasteiger partial charge in [0.15, 0.2) is 5.96 Å². The number of halogens is 1. The number of nitrogens with zero attached hydrogens (tertiary/aromatic N) is 4. The molecule has 7 heteroatoms. The SMILES string of the molecule is CN=C(NCC1CCN(C)CC1)NC1CCN(c2ncccc2Cl)C1. The first kappa shape index (κ1) is 18.3. The largest absolute Gasteiger partial charge is 0.356 e. The molecule has 0 amide bonds. The summed E-state index contributed by atoms with van der Waals surface area (Å²) < 4.78 is 0. The third-order valence-electron chi connectivity index (χ3n) is 5.19. The molecule has 6 nitrogen and oxygen atoms in total. The third kappa shape index (κ3) is 4.98. The van der Waals surface area contributed by atoms with Crippen LogP contribution in [0.2, 0.25) is 5.02 Å². The number of likely N-dealkylation sites (tertiary alicyclic amines) is 1. The lowest BCUT2D eigenvalue weighted by molar-refractivity contribution is 0.220. The summed E-state index contributed by atoms with van der Waals surface area (Å²) in [6, 6.07) is 4.13. The van der Waals surface area contributed by atoms with E-state index in [4.69, 9.17) is 11.6 Å². The first-order chi connectivity index (χ1) is 12.2. The van der Waals surface area contributed by atoms with Crippen LogP contribution in [-0.2, 0) is 0 Å². The maximum Gasteiger partial charge on any atom is 0.191 e. The fourth-order valence-electron chi connectivity index (χ4n) is 3.58. The Hall–Kier alpha value is -1.53. The van der Waals surface area contributed by atoms with Crippen LogP contribution in [-0.4, -0.2) is 68.7 Å². The second-order valence-corrected chi connectivity index (χ2v) is 7.49. The van der Waals surface area contributed by atoms with Crippen LogP contribution in [0.3, 0.4) is 0 Å². The zero-order valence-electron chi connectivity index (χ0n) is 15.2. The molecular weight excluding hydrogens is 336 g/mol. The highest BCUT2D eigenvalue weighted by atomic mass is 35.5. The molecule has 0 aliphatic carbocycles. The molecule has 0 saturated carbocycles. The Balaban J connectivity index is 1.46. The zero-order chi connectivity index (χ0) is 17.6. The lowest BCUT2D eigenvalue weighted by Crippen LogP contribution is -2.46. The molecule has 3 heterocycles. The fraction of sp³-hybridized carbons (Fsp3) is 0.667. The van der Waals surface area contributed by atoms with E-state index in [2.05, 4.69) is 37.5 Å². The monoisotopic (exact) mass is 364 g/mol. The average Bonchev–Trinajstić information content (AvgIpc) is 3.08. The first-order valence-corrected chi connectivity index (χ1v) is 9.54. The van der Waals surface area contributed by atoms with Crippen LogP contribution < -0.4 is 15.5 Å². The summed E-state index contributed by atoms with van der Waals surface area (Å²) in [6.45, 7) is 5.24. The van der Waals surface area contributed by atoms with Crippen molar-refractivity contribution in [2.24, 2.45) is 10.9 Å². The Bertz CT molecular complexity index is 585. The summed E-state index contributed by atoms with van der Waals surface area (Å²) in [5.74, 6) is 2.52. The Morgan fingerprint density at radius 2 is 2.12 bits per heavy atom. The molecule has 0 aromatic carbocycles. The minimum atomic E-state index is 0.363. The number of aliphatic imine (C=N–C) groups is 1. The van der Waals surface area contributed by atoms with E-state index in [0.717, 1.165) is 43.8 Å². The molecule has 2 fully saturated rings. The van der Waals surface area contributed by atoms with Crippen molar-refractivity contribution >= 4 is 23.4 Å². The summed E-state index contributed by atoms with van der Waals surface area (Å²) in [4.78, 5) is 13.4. The molecule has 3 rings (SSSR count). The number of pyridine rings is 1. The maximum absolute atomic E-state index is 6.27. The van der Waals surface area contributed by atoms with Crippen LogP contribution in [0, 0.1) is 5.92 Å². The van der Waals surface area contributed by atoms with E-state index in [0.29, 0.717) is 11.1 Å². The summed E-state index contributed by atoms with van der Waals surface area (Å²) in [6.07, 6.45) is 5.37. The number of piperidine rings is 1. The van der Waals surface area contributed by atoms with Gasteiger partial charge in [-0.3, -0.25) is 4.99 Å². The number of guanidine groups is 1. The van der Waals surface area contributed by atoms with E-state index in [1.54, 1.807) is 6.20 Å². The van der Waals surface area contributed by atoms with Gasteiger partial charge in [-0.05, 0) is 57.5 Å². The summed E-state index contributed by atoms with van der Waals surface area (Å²) in [5, 5.41) is 7.77. The van der Waals surface area contributed by atoms with Crippen molar-refractivity contribution in [3.05, 3.63) is 23.4 Å². The van der Waals surface area contributed by atoms with Crippen molar-refractivity contribution in [2.45, 2.75) is 25.3 Å². The van der Waals surface area contributed by atoms with Crippen molar-refractivity contribution < 1.29 is 0 Å². The van der Waals surface area contributed by atoms with Gasteiger partial charge in [0.1, 0.15) is 5.82 Å². The topological polar surface area (TPSA) is 55.8 Å². The maximum atomic E-state index is 6.27. The van der Waals surface area contributed by atoms with Gasteiger partial charge in [0.25, 0.3) is 0 Å². The quantitative estimate of drug-likeness (QED) is 0.630. The molecule has 2 saturated heterocycles. The van der Waals surface area contributed by atoms with Crippen LogP contribution in [0.4, 0.5) is 5.82 Å². The summed E-state index contributed by atoms with van der Waals surface area (Å²) in [5.41, 5.74) is 0. The normalized spacial score (nSPS) is 23.1. The van der Waals surface area contributed by atoms with Crippen molar-refractivity contribution in [1.82, 2.24) is 20.5 Å². The number of nitrogens with one attached hydrogen (secondary N) is 2. The average molecular weight is 365 g/mol. The van der Waals surface area contributed by atoms with E-state index in [1.165, 1.54) is 25.9 Å². The number of hydrogen-bond donors (Lipinski definition) is 2. The predicted octanol–water partition coefficient (Wildman–Crippen LogP) is 1.82. The Labute approximate surface area is 155 Å². The first-order valence-electron chi connectivity index (χ1n) is 9.17. The highest BCUT2D eigenvalue weighted by Gasteiger charge is 2.25. The number of aromatic nitrogens is 1. The minimum absolute atomic E-state index is 0.363. The lowest BCUT2D eigenvalue weighted by Gasteiger charge is -2.29. The van der Waals surface area contributed by atoms with E-state index < -0.39 is 0 Å². The molecule has 25 heavy (non-hydrogen) atoms. The van der Waals surface area contributed by atoms with E-state index in [9.17, 15) is 0 Å². The highest BCUT2D eigenvalue weighted by molar-refractivity contribution is 6.32. The van der Waals surface area contributed by atoms with Crippen molar-refractivity contribution in [1.29, 1.82) is 0 Å². The van der Waals surface area contributed by atoms with Gasteiger partial charge in [-0.1, -0.05) is 11.6 Å². The molecule has 1 aromatic rings. The molecule has 0 spiro atoms. The van der Waals surface area contributed by atoms with Crippen molar-refractivity contribution in [3.63, 3.8) is 0 Å². The van der Waals surface area contributed by atoms with Crippen LogP contribution in [0.15, 0.2) is 23.3 Å². The van der Waals surface area contributed by atoms with E-state index in [-0.39, 0.29) is 0 Å². The van der Waals surface area contributed by atoms with Gasteiger partial charge in [-0.25, -0.2) is 4.98 Å². The Morgan fingerprint density at radius 3 is 2.84 bits per heavy atom. The van der Waals surface area contributed by atoms with Gasteiger partial charge in [-0.2, -0.15) is 0 Å². The number of rotatable bonds is 4. The lowest BCUT2D eigenvalue weighted by atomic mass is 9.97. The van der Waals surface area contributed by atoms with Crippen LogP contribution >= 0.6 is 11.6 Å². The van der Waals surface area contributed by atoms with Gasteiger partial charge in [0, 0.05) is 38.9 Å². The van der Waals surface area contributed by atoms with Gasteiger partial charge < -0.3 is 20.4 Å². The smallest absolute Gasteiger partial charge is 0.191 e. The van der Waals surface area contributed by atoms with Gasteiger partial charge in [0.05, 0.1) is 5.02 Å². The van der Waals surface area contributed by atoms with E-state index >= 15 is 0 Å². The van der Waals surface area contributed by atoms with E-state index in [1.807, 2.05) is 19.2 Å². The predicted molar refractivity (Wildman–Crippen MR) is 105 cm³/mol. The molecule has 1 aromatic heterocycles. The second-order valence-electron chi connectivity index (χ2n) is 7.08. The van der Waals surface area contributed by atoms with Crippen LogP contribution in [0.1, 0.15) is 19.3 Å². The second kappa shape index (κ2) is 8.72. The summed E-state index contributed by atoms with van der Waals surface area (Å²) in [7, 11) is 4.04. The van der Waals surface area contributed by atoms with Crippen LogP contribution in [0.25, 0.3) is 0 Å². The third-order valence-corrected chi connectivity index (χ3v) is 5.48. The molecule has 2 N–H and O–H groups in total. The number of hydrogen-bond acceptors (Lipinski definition) is 4. The number of anilines is 1. The van der Waals surface area contributed by atoms with Gasteiger partial charge in [0.2, 0.25) is 0 Å². The minimum Gasteiger partial charge on any atom is -0.356 e. The molecule has 138 valence electrons. The Kier molecular flexibility index (Phi) is 6.37. The molecule has 1 unspecified atom stereocenters. The molecular formula is C18H29ClN6. The van der Waals surface area contributed by atoms with Crippen molar-refractivity contribution in [2.75, 3.05) is 51.7 Å². The zero-order valence-corrected chi connectivity index (χ0v) is 16.0. The molecule has 0 bridgehead atoms. The fourth-order valence-corrected chi connectivity index (χ4v) is 3.82. The Morgan fingerprint density at radius 1 is 1.32 bits per heavy atom. The molecule has 2 aliphatic rings. The molecule has 2 aliphatic heterocycles. The molecule has 1 atom stereocenters. The summed E-state index contributed by atoms with van der Waals surface area (Å²) >= 11 is 6.27. The van der Waals surface area contributed by atoms with Crippen molar-refractivity contribution in [3.8, 4) is 0 Å². The van der Waals surface area contributed by atoms with Crippen LogP contribution in [0.5, 0.6) is 0 Å². The van der Waals surface area contributed by atoms with Gasteiger partial charge in [-0.15, -0.1) is 0 Å². The molecule has 0 radical (unpaired) electrons. The highest BCUT2D eigenvalue weighted by Crippen LogP contribution is 2.25. The van der Waals surface area contributed by atoms with Gasteiger partial charge >= 0.3 is 0 Å².